The van der Waals surface area contributed by atoms with E-state index in [1.165, 1.54) is 0 Å². The normalized spacial score (nSPS) is 13.6. The van der Waals surface area contributed by atoms with Gasteiger partial charge in [-0.3, -0.25) is 4.39 Å². The van der Waals surface area contributed by atoms with E-state index in [9.17, 15) is 14.6 Å². The second kappa shape index (κ2) is 12.9. The molecule has 2 aromatic carbocycles. The van der Waals surface area contributed by atoms with Crippen molar-refractivity contribution in [1.82, 2.24) is 0 Å². The van der Waals surface area contributed by atoms with Gasteiger partial charge in [0.15, 0.2) is 0 Å². The Kier molecular flexibility index (Phi) is 10.5. The highest BCUT2D eigenvalue weighted by atomic mass is 35.5. The van der Waals surface area contributed by atoms with Crippen molar-refractivity contribution >= 4 is 11.6 Å². The molecule has 31 heavy (non-hydrogen) atoms. The summed E-state index contributed by atoms with van der Waals surface area (Å²) < 4.78 is 28.3. The zero-order valence-electron chi connectivity index (χ0n) is 18.1. The number of benzene rings is 2. The number of halogens is 2. The molecular weight excluding hydrogens is 422 g/mol. The predicted molar refractivity (Wildman–Crippen MR) is 120 cm³/mol. The fourth-order valence-corrected chi connectivity index (χ4v) is 3.04. The first-order valence-corrected chi connectivity index (χ1v) is 10.9. The van der Waals surface area contributed by atoms with Crippen molar-refractivity contribution in [3.8, 4) is 11.5 Å². The number of hydrogen-bond donors (Lipinski definition) is 2. The molecule has 5 nitrogen and oxygen atoms in total. The van der Waals surface area contributed by atoms with Gasteiger partial charge in [-0.2, -0.15) is 0 Å². The molecule has 2 aromatic rings. The van der Waals surface area contributed by atoms with Crippen molar-refractivity contribution in [2.45, 2.75) is 37.9 Å². The summed E-state index contributed by atoms with van der Waals surface area (Å²) in [6.45, 7) is 4.52. The Morgan fingerprint density at radius 1 is 0.839 bits per heavy atom. The smallest absolute Gasteiger partial charge is 0.119 e. The summed E-state index contributed by atoms with van der Waals surface area (Å²) in [6, 6.07) is 15.5. The van der Waals surface area contributed by atoms with Crippen LogP contribution >= 0.6 is 11.6 Å². The van der Waals surface area contributed by atoms with Crippen LogP contribution in [0.25, 0.3) is 0 Å². The highest BCUT2D eigenvalue weighted by Gasteiger charge is 2.23. The van der Waals surface area contributed by atoms with Crippen molar-refractivity contribution in [1.29, 1.82) is 0 Å². The zero-order chi connectivity index (χ0) is 22.7. The number of rotatable bonds is 14. The van der Waals surface area contributed by atoms with Crippen molar-refractivity contribution in [2.24, 2.45) is 0 Å². The molecule has 0 heterocycles. The largest absolute Gasteiger partial charge is 0.491 e. The number of aliphatic hydroxyl groups excluding tert-OH is 2. The molecule has 0 aromatic heterocycles. The molecule has 0 saturated heterocycles. The van der Waals surface area contributed by atoms with Gasteiger partial charge in [0.25, 0.3) is 0 Å². The topological polar surface area (TPSA) is 68.2 Å². The molecule has 0 spiro atoms. The van der Waals surface area contributed by atoms with Crippen LogP contribution < -0.4 is 9.47 Å². The van der Waals surface area contributed by atoms with Crippen LogP contribution in [0.4, 0.5) is 4.39 Å². The lowest BCUT2D eigenvalue weighted by Crippen LogP contribution is -2.24. The molecule has 0 aliphatic rings. The third-order valence-electron chi connectivity index (χ3n) is 4.95. The minimum atomic E-state index is -0.762. The Balaban J connectivity index is 1.90. The van der Waals surface area contributed by atoms with Gasteiger partial charge in [0.05, 0.1) is 19.2 Å². The van der Waals surface area contributed by atoms with Gasteiger partial charge in [-0.15, -0.1) is 11.6 Å². The maximum absolute atomic E-state index is 12.0. The lowest BCUT2D eigenvalue weighted by molar-refractivity contribution is 0.0103. The molecule has 0 saturated carbocycles. The Hall–Kier alpha value is -1.86. The predicted octanol–water partition coefficient (Wildman–Crippen LogP) is 4.11. The van der Waals surface area contributed by atoms with Crippen LogP contribution in [0.2, 0.25) is 0 Å². The molecule has 0 bridgehead atoms. The van der Waals surface area contributed by atoms with E-state index in [1.807, 2.05) is 48.5 Å². The molecule has 2 unspecified atom stereocenters. The maximum atomic E-state index is 12.0. The third-order valence-corrected chi connectivity index (χ3v) is 5.30. The third kappa shape index (κ3) is 8.30. The first-order valence-electron chi connectivity index (χ1n) is 10.4. The van der Waals surface area contributed by atoms with E-state index in [0.29, 0.717) is 24.5 Å². The lowest BCUT2D eigenvalue weighted by Gasteiger charge is -2.26. The van der Waals surface area contributed by atoms with E-state index < -0.39 is 18.9 Å². The average Bonchev–Trinajstić information content (AvgIpc) is 2.79. The highest BCUT2D eigenvalue weighted by molar-refractivity contribution is 6.18. The molecule has 0 fully saturated rings. The zero-order valence-corrected chi connectivity index (χ0v) is 18.9. The quantitative estimate of drug-likeness (QED) is 0.333. The van der Waals surface area contributed by atoms with E-state index in [1.54, 1.807) is 0 Å². The van der Waals surface area contributed by atoms with Gasteiger partial charge < -0.3 is 24.4 Å². The van der Waals surface area contributed by atoms with Gasteiger partial charge in [-0.1, -0.05) is 38.1 Å². The molecule has 2 N–H and O–H groups in total. The summed E-state index contributed by atoms with van der Waals surface area (Å²) in [6.07, 6.45) is -1.12. The second-order valence-electron chi connectivity index (χ2n) is 7.88. The first-order chi connectivity index (χ1) is 14.9. The van der Waals surface area contributed by atoms with Crippen molar-refractivity contribution < 1.29 is 28.8 Å². The van der Waals surface area contributed by atoms with Gasteiger partial charge in [0, 0.05) is 12.0 Å². The second-order valence-corrected chi connectivity index (χ2v) is 8.18. The Morgan fingerprint density at radius 3 is 1.77 bits per heavy atom. The molecule has 7 heteroatoms. The van der Waals surface area contributed by atoms with Crippen molar-refractivity contribution in [2.75, 3.05) is 39.0 Å². The Bertz CT molecular complexity index is 752. The molecule has 0 amide bonds. The van der Waals surface area contributed by atoms with E-state index in [-0.39, 0.29) is 31.1 Å². The number of aliphatic hydroxyl groups is 2. The summed E-state index contributed by atoms with van der Waals surface area (Å²) >= 11 is 5.58. The summed E-state index contributed by atoms with van der Waals surface area (Å²) in [4.78, 5) is 0. The number of alkyl halides is 2. The number of hydrogen-bond acceptors (Lipinski definition) is 5. The Labute approximate surface area is 188 Å². The fourth-order valence-electron chi connectivity index (χ4n) is 2.96. The van der Waals surface area contributed by atoms with Gasteiger partial charge in [0.1, 0.15) is 36.9 Å². The van der Waals surface area contributed by atoms with Crippen molar-refractivity contribution in [3.05, 3.63) is 59.7 Å². The van der Waals surface area contributed by atoms with Gasteiger partial charge in [-0.05, 0) is 41.8 Å². The fraction of sp³-hybridized carbons (Fsp3) is 0.500. The van der Waals surface area contributed by atoms with Crippen LogP contribution in [0.5, 0.6) is 11.5 Å². The minimum Gasteiger partial charge on any atom is -0.491 e. The van der Waals surface area contributed by atoms with Crippen LogP contribution in [0, 0.1) is 0 Å². The number of ether oxygens (including phenoxy) is 3. The maximum Gasteiger partial charge on any atom is 0.119 e. The molecule has 2 atom stereocenters. The minimum absolute atomic E-state index is 0.109. The van der Waals surface area contributed by atoms with Crippen LogP contribution in [0.15, 0.2) is 48.5 Å². The molecule has 0 aliphatic heterocycles. The van der Waals surface area contributed by atoms with Crippen LogP contribution in [0.1, 0.15) is 31.4 Å². The summed E-state index contributed by atoms with van der Waals surface area (Å²) in [7, 11) is 0. The SMILES string of the molecule is CC(C)(c1ccc(OCC(O)CCl)cc1)c1ccc(OCC(O)COCCC[18F])cc1. The molecule has 0 radical (unpaired) electrons. The van der Waals surface area contributed by atoms with Crippen molar-refractivity contribution in [3.63, 3.8) is 0 Å². The van der Waals surface area contributed by atoms with Crippen LogP contribution in [-0.4, -0.2) is 61.4 Å². The van der Waals surface area contributed by atoms with Crippen LogP contribution in [-0.2, 0) is 10.2 Å². The average molecular weight is 454 g/mol. The summed E-state index contributed by atoms with van der Waals surface area (Å²) in [5.74, 6) is 1.47. The van der Waals surface area contributed by atoms with E-state index in [2.05, 4.69) is 13.8 Å². The Morgan fingerprint density at radius 2 is 1.32 bits per heavy atom. The van der Waals surface area contributed by atoms with Gasteiger partial charge in [-0.25, -0.2) is 0 Å². The van der Waals surface area contributed by atoms with E-state index in [4.69, 9.17) is 25.8 Å². The molecule has 172 valence electrons. The standard InChI is InChI=1S/C24H32ClFO5/c1-24(2,18-4-8-22(9-5-18)30-16-20(27)14-25)19-6-10-23(11-7-19)31-17-21(28)15-29-13-3-12-26/h4-11,20-21,27-28H,3,12-17H2,1-2H3/i26-1. The summed E-state index contributed by atoms with van der Waals surface area (Å²) in [5, 5.41) is 19.4. The lowest BCUT2D eigenvalue weighted by atomic mass is 9.78. The van der Waals surface area contributed by atoms with Gasteiger partial charge in [0.2, 0.25) is 0 Å². The van der Waals surface area contributed by atoms with E-state index in [0.717, 1.165) is 11.1 Å². The van der Waals surface area contributed by atoms with E-state index >= 15 is 0 Å². The monoisotopic (exact) mass is 453 g/mol. The first kappa shape index (κ1) is 25.4. The summed E-state index contributed by atoms with van der Waals surface area (Å²) in [5.41, 5.74) is 1.99. The highest BCUT2D eigenvalue weighted by Crippen LogP contribution is 2.33. The van der Waals surface area contributed by atoms with Gasteiger partial charge >= 0.3 is 0 Å². The molecular formula is C24H32ClFO5. The molecule has 0 aliphatic carbocycles. The molecule has 2 rings (SSSR count). The van der Waals surface area contributed by atoms with Crippen LogP contribution in [0.3, 0.4) is 0 Å².